The molecule has 0 atom stereocenters. The van der Waals surface area contributed by atoms with Crippen LogP contribution < -0.4 is 5.32 Å². The predicted molar refractivity (Wildman–Crippen MR) is 163 cm³/mol. The average Bonchev–Trinajstić information content (AvgIpc) is 2.91. The minimum Gasteiger partial charge on any atom is -0.364 e. The Hall–Kier alpha value is -3.74. The molecule has 0 spiro atoms. The van der Waals surface area contributed by atoms with Crippen molar-refractivity contribution in [2.75, 3.05) is 14.1 Å². The Kier molecular flexibility index (Phi) is 10.2. The van der Waals surface area contributed by atoms with Crippen LogP contribution in [0.1, 0.15) is 61.3 Å². The van der Waals surface area contributed by atoms with Gasteiger partial charge in [-0.2, -0.15) is 0 Å². The van der Waals surface area contributed by atoms with E-state index in [4.69, 9.17) is 0 Å². The Balaban J connectivity index is 2.16. The SMILES string of the molecule is C=C=C/C(=C(/C)N/C(=C(/C(=C)c1ccccc1)C1CCCCC1)N(C)C)c1ccc(C)c(/C=C\C=C)c1. The minimum atomic E-state index is 0.479. The van der Waals surface area contributed by atoms with E-state index in [0.29, 0.717) is 5.92 Å². The van der Waals surface area contributed by atoms with Gasteiger partial charge >= 0.3 is 0 Å². The third kappa shape index (κ3) is 7.15. The zero-order valence-corrected chi connectivity index (χ0v) is 23.1. The second-order valence-corrected chi connectivity index (χ2v) is 10.0. The van der Waals surface area contributed by atoms with Crippen LogP contribution in [0.2, 0.25) is 0 Å². The fraction of sp³-hybridized carbons (Fsp3) is 0.286. The zero-order chi connectivity index (χ0) is 26.8. The van der Waals surface area contributed by atoms with Crippen molar-refractivity contribution in [1.29, 1.82) is 0 Å². The summed E-state index contributed by atoms with van der Waals surface area (Å²) in [6.07, 6.45) is 14.1. The highest BCUT2D eigenvalue weighted by molar-refractivity contribution is 5.80. The minimum absolute atomic E-state index is 0.479. The standard InChI is InChI=1S/C35H42N2/c1-8-10-18-31-25-32(24-23-26(31)3)33(17-9-2)28(5)36-35(37(6)7)34(30-21-15-12-16-22-30)27(4)29-19-13-11-14-20-29/h8,10-11,13-14,17-20,23-25,30,36H,1-2,4,12,15-16,21-22H2,3,5-7H3/b18-10-,33-28+,35-34+. The van der Waals surface area contributed by atoms with Gasteiger partial charge in [0.05, 0.1) is 0 Å². The van der Waals surface area contributed by atoms with E-state index in [1.54, 1.807) is 6.08 Å². The molecule has 0 radical (unpaired) electrons. The Labute approximate surface area is 224 Å². The summed E-state index contributed by atoms with van der Waals surface area (Å²) in [6.45, 7) is 16.6. The summed E-state index contributed by atoms with van der Waals surface area (Å²) in [5.74, 6) is 1.58. The predicted octanol–water partition coefficient (Wildman–Crippen LogP) is 8.92. The van der Waals surface area contributed by atoms with E-state index in [2.05, 4.69) is 118 Å². The molecular formula is C35H42N2. The van der Waals surface area contributed by atoms with Crippen molar-refractivity contribution in [1.82, 2.24) is 10.2 Å². The molecular weight excluding hydrogens is 448 g/mol. The lowest BCUT2D eigenvalue weighted by Gasteiger charge is -2.32. The van der Waals surface area contributed by atoms with Crippen molar-refractivity contribution in [2.24, 2.45) is 5.92 Å². The highest BCUT2D eigenvalue weighted by atomic mass is 15.2. The largest absolute Gasteiger partial charge is 0.364 e. The first-order valence-corrected chi connectivity index (χ1v) is 13.3. The number of allylic oxidation sites excluding steroid dienone is 7. The van der Waals surface area contributed by atoms with Gasteiger partial charge in [0.2, 0.25) is 0 Å². The number of nitrogens with zero attached hydrogens (tertiary/aromatic N) is 1. The van der Waals surface area contributed by atoms with E-state index in [-0.39, 0.29) is 0 Å². The Morgan fingerprint density at radius 1 is 1.03 bits per heavy atom. The van der Waals surface area contributed by atoms with Crippen LogP contribution in [-0.2, 0) is 0 Å². The van der Waals surface area contributed by atoms with Crippen LogP contribution in [0.5, 0.6) is 0 Å². The third-order valence-electron chi connectivity index (χ3n) is 7.12. The summed E-state index contributed by atoms with van der Waals surface area (Å²) in [5, 5.41) is 3.82. The molecule has 2 aromatic carbocycles. The fourth-order valence-corrected chi connectivity index (χ4v) is 5.10. The number of benzene rings is 2. The van der Waals surface area contributed by atoms with Gasteiger partial charge in [-0.3, -0.25) is 0 Å². The molecule has 0 amide bonds. The third-order valence-corrected chi connectivity index (χ3v) is 7.12. The second kappa shape index (κ2) is 13.5. The summed E-state index contributed by atoms with van der Waals surface area (Å²) < 4.78 is 0. The van der Waals surface area contributed by atoms with Crippen molar-refractivity contribution in [3.63, 3.8) is 0 Å². The molecule has 0 aromatic heterocycles. The topological polar surface area (TPSA) is 15.3 Å². The van der Waals surface area contributed by atoms with E-state index in [1.165, 1.54) is 54.4 Å². The summed E-state index contributed by atoms with van der Waals surface area (Å²) in [6, 6.07) is 17.1. The lowest BCUT2D eigenvalue weighted by Crippen LogP contribution is -2.29. The smallest absolute Gasteiger partial charge is 0.109 e. The van der Waals surface area contributed by atoms with Crippen molar-refractivity contribution in [2.45, 2.75) is 46.0 Å². The molecule has 0 bridgehead atoms. The molecule has 1 saturated carbocycles. The first-order valence-electron chi connectivity index (χ1n) is 13.3. The Morgan fingerprint density at radius 2 is 1.73 bits per heavy atom. The molecule has 1 aliphatic rings. The van der Waals surface area contributed by atoms with Gasteiger partial charge in [-0.25, -0.2) is 0 Å². The molecule has 0 aliphatic heterocycles. The first kappa shape index (κ1) is 27.8. The lowest BCUT2D eigenvalue weighted by atomic mass is 9.79. The van der Waals surface area contributed by atoms with Crippen LogP contribution in [0.3, 0.4) is 0 Å². The second-order valence-electron chi connectivity index (χ2n) is 10.0. The first-order chi connectivity index (χ1) is 17.9. The molecule has 2 heteroatoms. The van der Waals surface area contributed by atoms with Crippen LogP contribution in [0.4, 0.5) is 0 Å². The normalized spacial score (nSPS) is 15.4. The molecule has 2 aromatic rings. The lowest BCUT2D eigenvalue weighted by molar-refractivity contribution is 0.388. The van der Waals surface area contributed by atoms with Crippen LogP contribution in [0, 0.1) is 12.8 Å². The molecule has 2 nitrogen and oxygen atoms in total. The maximum Gasteiger partial charge on any atom is 0.109 e. The highest BCUT2D eigenvalue weighted by Crippen LogP contribution is 2.39. The van der Waals surface area contributed by atoms with E-state index >= 15 is 0 Å². The van der Waals surface area contributed by atoms with Crippen LogP contribution in [0.25, 0.3) is 17.2 Å². The molecule has 37 heavy (non-hydrogen) atoms. The van der Waals surface area contributed by atoms with Gasteiger partial charge < -0.3 is 10.2 Å². The quantitative estimate of drug-likeness (QED) is 0.264. The summed E-state index contributed by atoms with van der Waals surface area (Å²) in [4.78, 5) is 2.20. The number of hydrogen-bond acceptors (Lipinski definition) is 2. The van der Waals surface area contributed by atoms with E-state index < -0.39 is 0 Å². The molecule has 3 rings (SSSR count). The van der Waals surface area contributed by atoms with Crippen molar-refractivity contribution in [3.8, 4) is 0 Å². The molecule has 1 aliphatic carbocycles. The molecule has 0 saturated heterocycles. The van der Waals surface area contributed by atoms with Gasteiger partial charge in [-0.1, -0.05) is 99.7 Å². The number of aryl methyl sites for hydroxylation is 1. The Bertz CT molecular complexity index is 1240. The highest BCUT2D eigenvalue weighted by Gasteiger charge is 2.25. The van der Waals surface area contributed by atoms with E-state index in [1.807, 2.05) is 12.2 Å². The van der Waals surface area contributed by atoms with Crippen molar-refractivity contribution < 1.29 is 0 Å². The number of hydrogen-bond donors (Lipinski definition) is 1. The monoisotopic (exact) mass is 490 g/mol. The maximum atomic E-state index is 4.61. The average molecular weight is 491 g/mol. The number of nitrogens with one attached hydrogen (secondary N) is 1. The zero-order valence-electron chi connectivity index (χ0n) is 23.1. The van der Waals surface area contributed by atoms with Gasteiger partial charge in [0.15, 0.2) is 0 Å². The molecule has 1 fully saturated rings. The van der Waals surface area contributed by atoms with Gasteiger partial charge in [0.25, 0.3) is 0 Å². The molecule has 0 unspecified atom stereocenters. The van der Waals surface area contributed by atoms with Gasteiger partial charge in [-0.15, -0.1) is 5.73 Å². The van der Waals surface area contributed by atoms with Crippen molar-refractivity contribution >= 4 is 17.2 Å². The molecule has 192 valence electrons. The van der Waals surface area contributed by atoms with Crippen LogP contribution in [-0.4, -0.2) is 19.0 Å². The summed E-state index contributed by atoms with van der Waals surface area (Å²) >= 11 is 0. The Morgan fingerprint density at radius 3 is 2.35 bits per heavy atom. The fourth-order valence-electron chi connectivity index (χ4n) is 5.10. The maximum absolute atomic E-state index is 4.61. The van der Waals surface area contributed by atoms with Gasteiger partial charge in [0.1, 0.15) is 5.82 Å². The van der Waals surface area contributed by atoms with Crippen LogP contribution in [0.15, 0.2) is 109 Å². The molecule has 0 heterocycles. The summed E-state index contributed by atoms with van der Waals surface area (Å²) in [5.41, 5.74) is 12.2. The molecule has 1 N–H and O–H groups in total. The van der Waals surface area contributed by atoms with E-state index in [9.17, 15) is 0 Å². The van der Waals surface area contributed by atoms with Gasteiger partial charge in [0, 0.05) is 30.9 Å². The summed E-state index contributed by atoms with van der Waals surface area (Å²) in [7, 11) is 4.23. The van der Waals surface area contributed by atoms with Crippen LogP contribution >= 0.6 is 0 Å². The van der Waals surface area contributed by atoms with Crippen molar-refractivity contribution in [3.05, 3.63) is 132 Å². The van der Waals surface area contributed by atoms with Gasteiger partial charge in [-0.05, 0) is 72.6 Å². The number of rotatable bonds is 10. The van der Waals surface area contributed by atoms with E-state index in [0.717, 1.165) is 28.2 Å².